The van der Waals surface area contributed by atoms with Crippen molar-refractivity contribution in [2.75, 3.05) is 0 Å². The second-order valence-electron chi connectivity index (χ2n) is 1.54. The second kappa shape index (κ2) is 5.69. The SMILES string of the molecule is C1=CC=CC=CC=C1.[Li]. The van der Waals surface area contributed by atoms with E-state index in [9.17, 15) is 0 Å². The molecule has 0 spiro atoms. The van der Waals surface area contributed by atoms with E-state index in [-0.39, 0.29) is 18.9 Å². The molecule has 9 heavy (non-hydrogen) atoms. The van der Waals surface area contributed by atoms with Gasteiger partial charge in [0.2, 0.25) is 0 Å². The summed E-state index contributed by atoms with van der Waals surface area (Å²) >= 11 is 0. The summed E-state index contributed by atoms with van der Waals surface area (Å²) in [6.45, 7) is 0. The third-order valence-electron chi connectivity index (χ3n) is 0.889. The van der Waals surface area contributed by atoms with Gasteiger partial charge in [-0.3, -0.25) is 0 Å². The molecule has 0 aromatic heterocycles. The van der Waals surface area contributed by atoms with E-state index in [1.807, 2.05) is 48.6 Å². The van der Waals surface area contributed by atoms with Gasteiger partial charge in [0.15, 0.2) is 0 Å². The monoisotopic (exact) mass is 111 g/mol. The molecule has 1 heteroatoms. The Bertz CT molecular complexity index is 105. The van der Waals surface area contributed by atoms with Gasteiger partial charge in [-0.25, -0.2) is 0 Å². The smallest absolute Gasteiger partial charge is 0 e. The van der Waals surface area contributed by atoms with E-state index in [2.05, 4.69) is 0 Å². The maximum atomic E-state index is 2.00. The molecule has 0 unspecified atom stereocenters. The molecule has 0 amide bonds. The Labute approximate surface area is 67.8 Å². The van der Waals surface area contributed by atoms with Crippen LogP contribution in [0, 0.1) is 0 Å². The molecule has 0 bridgehead atoms. The van der Waals surface area contributed by atoms with E-state index in [0.29, 0.717) is 0 Å². The summed E-state index contributed by atoms with van der Waals surface area (Å²) < 4.78 is 0. The molecule has 0 fully saturated rings. The molecule has 0 atom stereocenters. The van der Waals surface area contributed by atoms with Gasteiger partial charge in [0.05, 0.1) is 0 Å². The van der Waals surface area contributed by atoms with Crippen molar-refractivity contribution in [2.24, 2.45) is 0 Å². The van der Waals surface area contributed by atoms with E-state index < -0.39 is 0 Å². The fraction of sp³-hybridized carbons (Fsp3) is 0. The average Bonchev–Trinajstić information content (AvgIpc) is 1.62. The first-order valence-corrected chi connectivity index (χ1v) is 2.67. The van der Waals surface area contributed by atoms with Crippen LogP contribution in [0.5, 0.6) is 0 Å². The molecule has 1 rings (SSSR count). The van der Waals surface area contributed by atoms with Gasteiger partial charge in [0, 0.05) is 18.9 Å². The van der Waals surface area contributed by atoms with Crippen LogP contribution in [0.15, 0.2) is 48.6 Å². The molecule has 0 saturated heterocycles. The van der Waals surface area contributed by atoms with Crippen molar-refractivity contribution in [1.82, 2.24) is 0 Å². The molecule has 1 radical (unpaired) electrons. The van der Waals surface area contributed by atoms with E-state index in [1.165, 1.54) is 0 Å². The first-order chi connectivity index (χ1) is 4.00. The summed E-state index contributed by atoms with van der Waals surface area (Å²) in [5.41, 5.74) is 0. The largest absolute Gasteiger partial charge is 0.0623 e. The van der Waals surface area contributed by atoms with Gasteiger partial charge < -0.3 is 0 Å². The van der Waals surface area contributed by atoms with Crippen LogP contribution >= 0.6 is 0 Å². The zero-order valence-electron chi connectivity index (χ0n) is 5.62. The van der Waals surface area contributed by atoms with Crippen LogP contribution in [0.3, 0.4) is 0 Å². The van der Waals surface area contributed by atoms with E-state index >= 15 is 0 Å². The zero-order chi connectivity index (χ0) is 5.66. The number of rotatable bonds is 0. The van der Waals surface area contributed by atoms with Gasteiger partial charge in [-0.05, 0) is 0 Å². The summed E-state index contributed by atoms with van der Waals surface area (Å²) in [5.74, 6) is 0. The molecule has 0 aliphatic heterocycles. The fourth-order valence-electron chi connectivity index (χ4n) is 0.513. The molecular weight excluding hydrogens is 103 g/mol. The number of hydrogen-bond donors (Lipinski definition) is 0. The van der Waals surface area contributed by atoms with Crippen LogP contribution < -0.4 is 0 Å². The second-order valence-corrected chi connectivity index (χ2v) is 1.54. The van der Waals surface area contributed by atoms with Crippen molar-refractivity contribution < 1.29 is 0 Å². The summed E-state index contributed by atoms with van der Waals surface area (Å²) in [6, 6.07) is 0. The quantitative estimate of drug-likeness (QED) is 0.418. The van der Waals surface area contributed by atoms with Gasteiger partial charge in [-0.1, -0.05) is 48.6 Å². The predicted molar refractivity (Wildman–Crippen MR) is 42.3 cm³/mol. The Morgan fingerprint density at radius 2 is 0.444 bits per heavy atom. The minimum Gasteiger partial charge on any atom is -0.0623 e. The number of hydrogen-bond acceptors (Lipinski definition) is 0. The van der Waals surface area contributed by atoms with Gasteiger partial charge in [-0.15, -0.1) is 0 Å². The topological polar surface area (TPSA) is 0 Å². The Morgan fingerprint density at radius 3 is 0.556 bits per heavy atom. The standard InChI is InChI=1S/C8H8.Li/c1-2-4-6-8-7-5-3-1;/h1-8H;. The maximum Gasteiger partial charge on any atom is 0 e. The molecule has 41 valence electrons. The average molecular weight is 111 g/mol. The van der Waals surface area contributed by atoms with Crippen molar-refractivity contribution in [1.29, 1.82) is 0 Å². The maximum absolute atomic E-state index is 2.00. The van der Waals surface area contributed by atoms with Crippen LogP contribution in [0.4, 0.5) is 0 Å². The van der Waals surface area contributed by atoms with Crippen LogP contribution in [-0.2, 0) is 0 Å². The van der Waals surface area contributed by atoms with Crippen molar-refractivity contribution in [3.63, 3.8) is 0 Å². The first-order valence-electron chi connectivity index (χ1n) is 2.67. The van der Waals surface area contributed by atoms with Gasteiger partial charge >= 0.3 is 0 Å². The third-order valence-corrected chi connectivity index (χ3v) is 0.889. The van der Waals surface area contributed by atoms with E-state index in [0.717, 1.165) is 0 Å². The summed E-state index contributed by atoms with van der Waals surface area (Å²) in [4.78, 5) is 0. The number of allylic oxidation sites excluding steroid dienone is 8. The van der Waals surface area contributed by atoms with E-state index in [1.54, 1.807) is 0 Å². The molecule has 1 aliphatic rings. The molecule has 0 N–H and O–H groups in total. The molecule has 1 aliphatic carbocycles. The normalized spacial score (nSPS) is 14.2. The van der Waals surface area contributed by atoms with Crippen molar-refractivity contribution in [3.05, 3.63) is 48.6 Å². The summed E-state index contributed by atoms with van der Waals surface area (Å²) in [7, 11) is 0. The van der Waals surface area contributed by atoms with Crippen LogP contribution in [0.2, 0.25) is 0 Å². The Hall–Kier alpha value is -0.443. The first kappa shape index (κ1) is 8.56. The van der Waals surface area contributed by atoms with Gasteiger partial charge in [0.1, 0.15) is 0 Å². The molecule has 0 heterocycles. The Balaban J connectivity index is 0.000000640. The molecule has 0 saturated carbocycles. The van der Waals surface area contributed by atoms with Crippen molar-refractivity contribution in [3.8, 4) is 0 Å². The van der Waals surface area contributed by atoms with Crippen LogP contribution in [0.1, 0.15) is 0 Å². The summed E-state index contributed by atoms with van der Waals surface area (Å²) in [6.07, 6.45) is 16.0. The van der Waals surface area contributed by atoms with Crippen molar-refractivity contribution in [2.45, 2.75) is 0 Å². The molecule has 0 aromatic rings. The molecule has 0 aromatic carbocycles. The zero-order valence-corrected chi connectivity index (χ0v) is 5.62. The van der Waals surface area contributed by atoms with Crippen LogP contribution in [0.25, 0.3) is 0 Å². The van der Waals surface area contributed by atoms with Gasteiger partial charge in [-0.2, -0.15) is 0 Å². The van der Waals surface area contributed by atoms with Crippen molar-refractivity contribution >= 4 is 18.9 Å². The molecule has 0 nitrogen and oxygen atoms in total. The predicted octanol–water partition coefficient (Wildman–Crippen LogP) is 1.84. The minimum atomic E-state index is 0. The van der Waals surface area contributed by atoms with Gasteiger partial charge in [0.25, 0.3) is 0 Å². The fourth-order valence-corrected chi connectivity index (χ4v) is 0.513. The minimum absolute atomic E-state index is 0. The Morgan fingerprint density at radius 1 is 0.333 bits per heavy atom. The molecular formula is C8H8Li. The van der Waals surface area contributed by atoms with Crippen LogP contribution in [-0.4, -0.2) is 18.9 Å². The Kier molecular flexibility index (Phi) is 5.41. The summed E-state index contributed by atoms with van der Waals surface area (Å²) in [5, 5.41) is 0. The van der Waals surface area contributed by atoms with E-state index in [4.69, 9.17) is 0 Å². The third kappa shape index (κ3) is 4.09.